The number of amides is 10. The average molecular weight is 1220 g/mol. The fourth-order valence-electron chi connectivity index (χ4n) is 9.31. The molecule has 0 unspecified atom stereocenters. The van der Waals surface area contributed by atoms with Gasteiger partial charge in [0, 0.05) is 81.6 Å². The molecule has 470 valence electrons. The second-order valence-electron chi connectivity index (χ2n) is 22.3. The molecule has 10 N–H and O–H groups in total. The number of carbonyl (C=O) groups is 11. The Hall–Kier alpha value is -8.26. The van der Waals surface area contributed by atoms with Gasteiger partial charge in [-0.3, -0.25) is 48.1 Å². The average Bonchev–Trinajstić information content (AvgIpc) is 4.23. The van der Waals surface area contributed by atoms with Crippen LogP contribution in [0.2, 0.25) is 0 Å². The predicted octanol–water partition coefficient (Wildman–Crippen LogP) is 6.02. The van der Waals surface area contributed by atoms with Crippen LogP contribution in [0.25, 0.3) is 0 Å². The number of hydrogen-bond acceptors (Lipinski definition) is 16. The van der Waals surface area contributed by atoms with Gasteiger partial charge >= 0.3 is 24.1 Å². The van der Waals surface area contributed by atoms with Crippen LogP contribution in [0, 0.1) is 23.7 Å². The summed E-state index contributed by atoms with van der Waals surface area (Å²) in [6.07, 6.45) is 4.35. The molecule has 26 heteroatoms. The highest BCUT2D eigenvalue weighted by molar-refractivity contribution is 7.09. The maximum absolute atomic E-state index is 13.8. The van der Waals surface area contributed by atoms with Crippen LogP contribution in [0.15, 0.2) is 66.1 Å². The zero-order valence-corrected chi connectivity index (χ0v) is 51.4. The van der Waals surface area contributed by atoms with E-state index in [0.29, 0.717) is 47.5 Å². The second-order valence-corrected chi connectivity index (χ2v) is 23.2. The number of carboxylic acids is 1. The highest BCUT2D eigenvalue weighted by Crippen LogP contribution is 2.31. The number of nitrogens with two attached hydrogens (primary N) is 2. The van der Waals surface area contributed by atoms with Crippen molar-refractivity contribution in [1.82, 2.24) is 36.1 Å². The maximum Gasteiger partial charge on any atom is 0.429 e. The minimum absolute atomic E-state index is 0.00204. The number of aromatic nitrogens is 1. The minimum Gasteiger partial charge on any atom is -0.481 e. The van der Waals surface area contributed by atoms with Crippen molar-refractivity contribution in [1.29, 1.82) is 0 Å². The van der Waals surface area contributed by atoms with Crippen LogP contribution >= 0.6 is 11.3 Å². The van der Waals surface area contributed by atoms with Gasteiger partial charge in [-0.25, -0.2) is 25.4 Å². The highest BCUT2D eigenvalue weighted by atomic mass is 32.1. The van der Waals surface area contributed by atoms with Crippen molar-refractivity contribution in [2.75, 3.05) is 30.5 Å². The number of primary amides is 1. The van der Waals surface area contributed by atoms with Crippen LogP contribution in [0.1, 0.15) is 152 Å². The number of unbranched alkanes of at least 4 members (excludes halogenated alkanes) is 2. The van der Waals surface area contributed by atoms with E-state index in [-0.39, 0.29) is 117 Å². The summed E-state index contributed by atoms with van der Waals surface area (Å²) in [5, 5.41) is 26.1. The number of anilines is 2. The van der Waals surface area contributed by atoms with Crippen LogP contribution in [0.5, 0.6) is 0 Å². The lowest BCUT2D eigenvalue weighted by Crippen LogP contribution is -2.54. The molecule has 0 radical (unpaired) electrons. The molecule has 2 aromatic carbocycles. The minimum atomic E-state index is -1.10. The van der Waals surface area contributed by atoms with Crippen molar-refractivity contribution in [3.05, 3.63) is 87.9 Å². The zero-order chi connectivity index (χ0) is 63.8. The summed E-state index contributed by atoms with van der Waals surface area (Å²) in [5.74, 6) is 0.642. The summed E-state index contributed by atoms with van der Waals surface area (Å²) in [5.41, 5.74) is 7.05. The molecule has 86 heavy (non-hydrogen) atoms. The number of rotatable bonds is 35. The van der Waals surface area contributed by atoms with Gasteiger partial charge in [-0.2, -0.15) is 0 Å². The van der Waals surface area contributed by atoms with E-state index in [1.807, 2.05) is 27.7 Å². The van der Waals surface area contributed by atoms with E-state index in [0.717, 1.165) is 27.7 Å². The molecule has 25 nitrogen and oxygen atoms in total. The van der Waals surface area contributed by atoms with Gasteiger partial charge in [-0.05, 0) is 91.7 Å². The number of benzene rings is 2. The molecule has 0 saturated carbocycles. The summed E-state index contributed by atoms with van der Waals surface area (Å²) in [7, 11) is 1.74. The first-order valence-electron chi connectivity index (χ1n) is 29.0. The molecule has 7 atom stereocenters. The first-order chi connectivity index (χ1) is 40.7. The smallest absolute Gasteiger partial charge is 0.429 e. The lowest BCUT2D eigenvalue weighted by molar-refractivity contribution is -0.148. The van der Waals surface area contributed by atoms with E-state index < -0.39 is 71.9 Å². The number of thiazole rings is 1. The van der Waals surface area contributed by atoms with Gasteiger partial charge in [0.05, 0.1) is 11.6 Å². The second kappa shape index (κ2) is 34.6. The third-order valence-corrected chi connectivity index (χ3v) is 15.5. The van der Waals surface area contributed by atoms with Crippen LogP contribution in [0.4, 0.5) is 21.0 Å². The fraction of sp³-hybridized carbons (Fsp3) is 0.533. The fourth-order valence-corrected chi connectivity index (χ4v) is 10.2. The third-order valence-electron chi connectivity index (χ3n) is 14.6. The molecule has 0 bridgehead atoms. The molecule has 10 amide bonds. The van der Waals surface area contributed by atoms with E-state index in [2.05, 4.69) is 31.6 Å². The van der Waals surface area contributed by atoms with Crippen LogP contribution in [0.3, 0.4) is 0 Å². The molecule has 1 aliphatic heterocycles. The molecule has 1 aliphatic rings. The molecule has 3 aromatic rings. The Bertz CT molecular complexity index is 2840. The number of imide groups is 1. The van der Waals surface area contributed by atoms with Crippen LogP contribution in [-0.2, 0) is 60.9 Å². The molecule has 0 saturated heterocycles. The van der Waals surface area contributed by atoms with Gasteiger partial charge in [0.1, 0.15) is 29.4 Å². The Labute approximate surface area is 506 Å². The largest absolute Gasteiger partial charge is 0.481 e. The monoisotopic (exact) mass is 1220 g/mol. The van der Waals surface area contributed by atoms with E-state index in [1.54, 1.807) is 74.3 Å². The summed E-state index contributed by atoms with van der Waals surface area (Å²) < 4.78 is 11.2. The summed E-state index contributed by atoms with van der Waals surface area (Å²) in [6.45, 7) is 14.4. The quantitative estimate of drug-likeness (QED) is 0.00833. The van der Waals surface area contributed by atoms with Crippen LogP contribution in [-0.4, -0.2) is 130 Å². The summed E-state index contributed by atoms with van der Waals surface area (Å²) in [6, 6.07) is 8.96. The zero-order valence-electron chi connectivity index (χ0n) is 50.6. The van der Waals surface area contributed by atoms with Crippen molar-refractivity contribution in [3.8, 4) is 0 Å². The van der Waals surface area contributed by atoms with E-state index in [4.69, 9.17) is 21.1 Å². The molecule has 1 aromatic heterocycles. The lowest BCUT2D eigenvalue weighted by Gasteiger charge is -2.34. The predicted molar refractivity (Wildman–Crippen MR) is 321 cm³/mol. The standard InChI is InChI=1S/C60H85N11O14S/c1-10-37(6)29-52(76)69(9)47(35(2)3)32-48(85-39(8)72)57-67-46(34-86-57)55(78)65-43(30-38(7)58(80)81)31-40-19-23-44(24-20-40)71(62)60(83)84-33-41-17-21-42(22-18-41)64-54(77)45(15-14-27-63-59(61)82)66-56(79)53(36(4)5)68-49(73)16-12-11-13-28-70-50(74)25-26-51(70)75/h17-26,34-38,43,45,47-48,53H,10-16,27-33,62H2,1-9H3,(H,64,77)(H,65,78)(H,66,79)(H,68,73)(H,80,81)(H3,61,63,82)/t37-,38-,43+,45-,47+,48+,53-/m0/s1. The van der Waals surface area contributed by atoms with Gasteiger partial charge in [-0.15, -0.1) is 11.3 Å². The molecule has 0 spiro atoms. The van der Waals surface area contributed by atoms with Crippen molar-refractivity contribution in [2.45, 2.75) is 163 Å². The Morgan fingerprint density at radius 1 is 0.802 bits per heavy atom. The number of esters is 1. The number of hydrogen-bond donors (Lipinski definition) is 8. The number of nitrogens with one attached hydrogen (secondary N) is 5. The maximum atomic E-state index is 13.8. The highest BCUT2D eigenvalue weighted by Gasteiger charge is 2.33. The van der Waals surface area contributed by atoms with Gasteiger partial charge < -0.3 is 51.8 Å². The van der Waals surface area contributed by atoms with E-state index in [1.165, 1.54) is 31.4 Å². The Morgan fingerprint density at radius 3 is 2.05 bits per heavy atom. The molecular weight excluding hydrogens is 1130 g/mol. The molecule has 4 rings (SSSR count). The third kappa shape index (κ3) is 23.0. The van der Waals surface area contributed by atoms with Crippen molar-refractivity contribution >= 4 is 88.1 Å². The number of urea groups is 1. The number of ether oxygens (including phenoxy) is 2. The van der Waals surface area contributed by atoms with Gasteiger partial charge in [-0.1, -0.05) is 85.6 Å². The SMILES string of the molecule is CC[C@H](C)CC(=O)N(C)[C@H](C[C@@H](OC(C)=O)c1nc(C(=O)N[C@@H](Cc2ccc(N(N)C(=O)OCc3ccc(NC(=O)[C@H](CCCNC(N)=O)NC(=O)[C@@H](NC(=O)CCCCCN4C(=O)C=CC4=O)C(C)C)cc3)cc2)C[C@H](C)C(=O)O)cs1)C(C)C. The molecule has 2 heterocycles. The molecule has 0 fully saturated rings. The Morgan fingerprint density at radius 2 is 1.45 bits per heavy atom. The van der Waals surface area contributed by atoms with Gasteiger partial charge in [0.2, 0.25) is 23.6 Å². The van der Waals surface area contributed by atoms with Crippen LogP contribution < -0.4 is 43.2 Å². The van der Waals surface area contributed by atoms with E-state index in [9.17, 15) is 57.8 Å². The Kier molecular flexibility index (Phi) is 28.3. The van der Waals surface area contributed by atoms with Crippen molar-refractivity contribution in [2.24, 2.45) is 35.2 Å². The van der Waals surface area contributed by atoms with Gasteiger partial charge in [0.15, 0.2) is 6.10 Å². The number of hydrazine groups is 1. The molecular formula is C60H85N11O14S. The normalized spacial score (nSPS) is 14.5. The number of carbonyl (C=O) groups excluding carboxylic acids is 10. The number of carboxylic acid groups (broad SMARTS) is 1. The van der Waals surface area contributed by atoms with E-state index >= 15 is 0 Å². The van der Waals surface area contributed by atoms with Crippen molar-refractivity contribution < 1.29 is 67.3 Å². The lowest BCUT2D eigenvalue weighted by atomic mass is 9.95. The first kappa shape index (κ1) is 70.2. The Balaban J connectivity index is 1.34. The first-order valence-corrected chi connectivity index (χ1v) is 29.8. The van der Waals surface area contributed by atoms with Crippen molar-refractivity contribution in [3.63, 3.8) is 0 Å². The molecule has 0 aliphatic carbocycles. The summed E-state index contributed by atoms with van der Waals surface area (Å²) in [4.78, 5) is 147. The number of nitrogens with zero attached hydrogens (tertiary/aromatic N) is 4. The van der Waals surface area contributed by atoms with Gasteiger partial charge in [0.25, 0.3) is 17.7 Å². The topological polar surface area (TPSA) is 361 Å². The summed E-state index contributed by atoms with van der Waals surface area (Å²) >= 11 is 1.13. The number of aliphatic carboxylic acids is 1.